The van der Waals surface area contributed by atoms with E-state index in [9.17, 15) is 17.6 Å². The molecule has 0 aliphatic heterocycles. The zero-order valence-corrected chi connectivity index (χ0v) is 16.0. The number of anilines is 1. The second-order valence-electron chi connectivity index (χ2n) is 6.04. The summed E-state index contributed by atoms with van der Waals surface area (Å²) in [6.07, 6.45) is 3.05. The molecule has 9 heteroatoms. The summed E-state index contributed by atoms with van der Waals surface area (Å²) in [5.74, 6) is -1.34. The van der Waals surface area contributed by atoms with Crippen molar-refractivity contribution < 1.29 is 22.8 Å². The van der Waals surface area contributed by atoms with Crippen molar-refractivity contribution in [2.75, 3.05) is 5.48 Å². The molecule has 0 heterocycles. The molecular weight excluding hydrogens is 407 g/mol. The van der Waals surface area contributed by atoms with Crippen LogP contribution < -0.4 is 10.2 Å². The van der Waals surface area contributed by atoms with Crippen molar-refractivity contribution in [1.29, 1.82) is 0 Å². The fraction of sp³-hybridized carbons (Fsp3) is 0.105. The van der Waals surface area contributed by atoms with Gasteiger partial charge in [0, 0.05) is 10.6 Å². The van der Waals surface area contributed by atoms with Gasteiger partial charge >= 0.3 is 0 Å². The van der Waals surface area contributed by atoms with Gasteiger partial charge in [-0.25, -0.2) is 17.5 Å². The minimum Gasteiger partial charge on any atom is -0.291 e. The first-order chi connectivity index (χ1) is 13.3. The van der Waals surface area contributed by atoms with Crippen LogP contribution in [-0.2, 0) is 10.0 Å². The van der Waals surface area contributed by atoms with Gasteiger partial charge in [-0.15, -0.1) is 0 Å². The van der Waals surface area contributed by atoms with Gasteiger partial charge < -0.3 is 0 Å². The number of carbonyl (C=O) groups is 1. The summed E-state index contributed by atoms with van der Waals surface area (Å²) >= 11 is 6.00. The number of carbonyl (C=O) groups excluding carboxylic acids is 1. The topological polar surface area (TPSA) is 95.5 Å². The summed E-state index contributed by atoms with van der Waals surface area (Å²) in [4.78, 5) is 12.8. The third-order valence-electron chi connectivity index (χ3n) is 4.19. The first-order valence-corrected chi connectivity index (χ1v) is 10.1. The van der Waals surface area contributed by atoms with Crippen LogP contribution in [0.2, 0.25) is 0 Å². The van der Waals surface area contributed by atoms with E-state index in [2.05, 4.69) is 4.72 Å². The zero-order valence-electron chi connectivity index (χ0n) is 14.4. The Morgan fingerprint density at radius 2 is 1.82 bits per heavy atom. The lowest BCUT2D eigenvalue weighted by molar-refractivity contribution is 0.102. The van der Waals surface area contributed by atoms with Crippen LogP contribution in [0.15, 0.2) is 76.2 Å². The average molecular weight is 423 g/mol. The van der Waals surface area contributed by atoms with E-state index in [0.717, 1.165) is 6.07 Å². The average Bonchev–Trinajstić information content (AvgIpc) is 2.69. The van der Waals surface area contributed by atoms with Crippen LogP contribution >= 0.6 is 11.6 Å². The largest absolute Gasteiger partial charge is 0.291 e. The zero-order chi connectivity index (χ0) is 20.3. The van der Waals surface area contributed by atoms with Crippen molar-refractivity contribution in [1.82, 2.24) is 4.72 Å². The lowest BCUT2D eigenvalue weighted by Crippen LogP contribution is -2.39. The van der Waals surface area contributed by atoms with Gasteiger partial charge in [0.25, 0.3) is 0 Å². The van der Waals surface area contributed by atoms with Crippen molar-refractivity contribution in [2.24, 2.45) is 0 Å². The molecule has 3 rings (SSSR count). The number of hydrogen-bond acceptors (Lipinski definition) is 5. The fourth-order valence-corrected chi connectivity index (χ4v) is 4.20. The first kappa shape index (κ1) is 20.2. The number of rotatable bonds is 6. The molecular formula is C19H16ClFN2O4S. The number of halogens is 2. The summed E-state index contributed by atoms with van der Waals surface area (Å²) in [6, 6.07) is 9.92. The lowest BCUT2D eigenvalue weighted by Gasteiger charge is -2.23. The molecule has 0 fully saturated rings. The quantitative estimate of drug-likeness (QED) is 0.488. The summed E-state index contributed by atoms with van der Waals surface area (Å²) in [5.41, 5.74) is 2.12. The van der Waals surface area contributed by atoms with Crippen LogP contribution in [0, 0.1) is 5.82 Å². The van der Waals surface area contributed by atoms with E-state index < -0.39 is 27.7 Å². The van der Waals surface area contributed by atoms with E-state index >= 15 is 0 Å². The van der Waals surface area contributed by atoms with Crippen LogP contribution in [0.4, 0.5) is 10.1 Å². The molecule has 146 valence electrons. The molecule has 0 saturated carbocycles. The third kappa shape index (κ3) is 4.31. The van der Waals surface area contributed by atoms with E-state index in [0.29, 0.717) is 5.69 Å². The molecule has 0 radical (unpaired) electrons. The van der Waals surface area contributed by atoms with Crippen LogP contribution in [0.3, 0.4) is 0 Å². The Morgan fingerprint density at radius 1 is 1.14 bits per heavy atom. The van der Waals surface area contributed by atoms with Gasteiger partial charge in [0.1, 0.15) is 5.82 Å². The molecule has 1 aliphatic carbocycles. The van der Waals surface area contributed by atoms with Gasteiger partial charge in [-0.2, -0.15) is 0 Å². The maximum atomic E-state index is 14.0. The van der Waals surface area contributed by atoms with Crippen molar-refractivity contribution in [2.45, 2.75) is 17.4 Å². The standard InChI is InChI=1S/C19H16ClFN2O4S/c20-12-5-10-18(16(11-12)19(24)15-3-1-2-4-17(15)21)23-28(26,27)14-8-6-13(22-25)7-9-14/h1-9,11,18,22-23,25H,10H2. The second kappa shape index (κ2) is 8.24. The Hall–Kier alpha value is -2.52. The van der Waals surface area contributed by atoms with Gasteiger partial charge in [0.05, 0.1) is 22.2 Å². The Bertz CT molecular complexity index is 1070. The van der Waals surface area contributed by atoms with Crippen molar-refractivity contribution in [3.63, 3.8) is 0 Å². The molecule has 0 aromatic heterocycles. The van der Waals surface area contributed by atoms with Crippen molar-refractivity contribution in [3.8, 4) is 0 Å². The number of hydrogen-bond donors (Lipinski definition) is 3. The van der Waals surface area contributed by atoms with Crippen molar-refractivity contribution in [3.05, 3.63) is 82.7 Å². The van der Waals surface area contributed by atoms with E-state index in [1.54, 1.807) is 6.08 Å². The normalized spacial score (nSPS) is 16.9. The van der Waals surface area contributed by atoms with Crippen LogP contribution in [0.5, 0.6) is 0 Å². The summed E-state index contributed by atoms with van der Waals surface area (Å²) in [5, 5.41) is 9.11. The SMILES string of the molecule is O=C(C1=CC(Cl)=CCC1NS(=O)(=O)c1ccc(NO)cc1)c1ccccc1F. The summed E-state index contributed by atoms with van der Waals surface area (Å²) < 4.78 is 41.9. The van der Waals surface area contributed by atoms with Gasteiger partial charge in [0.15, 0.2) is 5.78 Å². The van der Waals surface area contributed by atoms with E-state index in [1.165, 1.54) is 48.5 Å². The predicted octanol–water partition coefficient (Wildman–Crippen LogP) is 3.61. The van der Waals surface area contributed by atoms with Gasteiger partial charge in [-0.05, 0) is 48.9 Å². The Balaban J connectivity index is 1.90. The highest BCUT2D eigenvalue weighted by molar-refractivity contribution is 7.89. The molecule has 28 heavy (non-hydrogen) atoms. The molecule has 0 spiro atoms. The van der Waals surface area contributed by atoms with Crippen molar-refractivity contribution >= 4 is 33.1 Å². The number of nitrogens with one attached hydrogen (secondary N) is 2. The minimum absolute atomic E-state index is 0.0508. The third-order valence-corrected chi connectivity index (χ3v) is 5.94. The lowest BCUT2D eigenvalue weighted by atomic mass is 9.92. The Morgan fingerprint density at radius 3 is 2.46 bits per heavy atom. The molecule has 0 bridgehead atoms. The highest BCUT2D eigenvalue weighted by atomic mass is 35.5. The molecule has 0 amide bonds. The van der Waals surface area contributed by atoms with Gasteiger partial charge in [-0.3, -0.25) is 15.5 Å². The molecule has 1 atom stereocenters. The first-order valence-electron chi connectivity index (χ1n) is 8.21. The Labute approximate surface area is 166 Å². The fourth-order valence-electron chi connectivity index (χ4n) is 2.77. The van der Waals surface area contributed by atoms with Crippen LogP contribution in [0.1, 0.15) is 16.8 Å². The molecule has 2 aromatic rings. The van der Waals surface area contributed by atoms with Gasteiger partial charge in [0.2, 0.25) is 10.0 Å². The van der Waals surface area contributed by atoms with E-state index in [1.807, 2.05) is 5.48 Å². The summed E-state index contributed by atoms with van der Waals surface area (Å²) in [7, 11) is -3.98. The van der Waals surface area contributed by atoms with Crippen LogP contribution in [0.25, 0.3) is 0 Å². The van der Waals surface area contributed by atoms with Gasteiger partial charge in [-0.1, -0.05) is 29.8 Å². The van der Waals surface area contributed by atoms with Crippen LogP contribution in [-0.4, -0.2) is 25.5 Å². The molecule has 0 saturated heterocycles. The summed E-state index contributed by atoms with van der Waals surface area (Å²) in [6.45, 7) is 0. The maximum Gasteiger partial charge on any atom is 0.241 e. The second-order valence-corrected chi connectivity index (χ2v) is 8.19. The number of allylic oxidation sites excluding steroid dienone is 2. The number of benzene rings is 2. The monoisotopic (exact) mass is 422 g/mol. The van der Waals surface area contributed by atoms with E-state index in [-0.39, 0.29) is 27.5 Å². The maximum absolute atomic E-state index is 14.0. The molecule has 3 N–H and O–H groups in total. The minimum atomic E-state index is -3.98. The molecule has 1 aliphatic rings. The molecule has 6 nitrogen and oxygen atoms in total. The van der Waals surface area contributed by atoms with E-state index in [4.69, 9.17) is 16.8 Å². The molecule has 2 aromatic carbocycles. The number of ketones is 1. The molecule has 1 unspecified atom stereocenters. The number of Topliss-reactive ketones (excluding diaryl/α,β-unsaturated/α-hetero) is 1. The highest BCUT2D eigenvalue weighted by Crippen LogP contribution is 2.26. The smallest absolute Gasteiger partial charge is 0.241 e. The number of sulfonamides is 1. The highest BCUT2D eigenvalue weighted by Gasteiger charge is 2.30. The predicted molar refractivity (Wildman–Crippen MR) is 103 cm³/mol. The Kier molecular flexibility index (Phi) is 5.95.